The van der Waals surface area contributed by atoms with E-state index in [4.69, 9.17) is 0 Å². The highest BCUT2D eigenvalue weighted by atomic mass is 32.1. The minimum absolute atomic E-state index is 0.700. The van der Waals surface area contributed by atoms with Crippen LogP contribution in [0.4, 0.5) is 0 Å². The molecule has 2 heterocycles. The van der Waals surface area contributed by atoms with Crippen LogP contribution in [0.2, 0.25) is 0 Å². The van der Waals surface area contributed by atoms with Crippen LogP contribution in [0.3, 0.4) is 0 Å². The van der Waals surface area contributed by atoms with E-state index < -0.39 is 0 Å². The molecule has 3 aromatic rings. The van der Waals surface area contributed by atoms with Gasteiger partial charge in [-0.05, 0) is 30.7 Å². The molecule has 0 amide bonds. The molecule has 3 rings (SSSR count). The molecule has 0 spiro atoms. The van der Waals surface area contributed by atoms with Crippen LogP contribution in [0, 0.1) is 6.92 Å². The van der Waals surface area contributed by atoms with Crippen LogP contribution in [-0.4, -0.2) is 34.3 Å². The number of rotatable bonds is 6. The number of thiazole rings is 1. The Hall–Kier alpha value is -2.67. The molecule has 0 aliphatic rings. The third-order valence-electron chi connectivity index (χ3n) is 3.66. The molecule has 0 aliphatic carbocycles. The van der Waals surface area contributed by atoms with Gasteiger partial charge in [0.2, 0.25) is 0 Å². The molecule has 0 aliphatic heterocycles. The standard InChI is InChI=1S/C18H22N6S/c1-14-12-21-17(25-14)7-9-20-18(19-2)22-13-15-5-3-6-16(11-15)24-10-4-8-23-24/h3-6,8,10-12H,7,9,13H2,1-2H3,(H2,19,20,22). The lowest BCUT2D eigenvalue weighted by Crippen LogP contribution is -2.37. The number of guanidine groups is 1. The van der Waals surface area contributed by atoms with Gasteiger partial charge in [-0.2, -0.15) is 5.10 Å². The van der Waals surface area contributed by atoms with Crippen molar-refractivity contribution in [3.05, 3.63) is 64.4 Å². The molecule has 0 unspecified atom stereocenters. The Labute approximate surface area is 151 Å². The Balaban J connectivity index is 1.50. The van der Waals surface area contributed by atoms with Gasteiger partial charge in [0.05, 0.1) is 10.7 Å². The fraction of sp³-hybridized carbons (Fsp3) is 0.278. The summed E-state index contributed by atoms with van der Waals surface area (Å²) in [5, 5.41) is 12.1. The molecule has 7 heteroatoms. The summed E-state index contributed by atoms with van der Waals surface area (Å²) in [6.07, 6.45) is 6.53. The first kappa shape index (κ1) is 17.2. The molecule has 1 aromatic carbocycles. The number of hydrogen-bond donors (Lipinski definition) is 2. The fourth-order valence-electron chi connectivity index (χ4n) is 2.44. The van der Waals surface area contributed by atoms with E-state index in [1.807, 2.05) is 35.3 Å². The number of benzene rings is 1. The third kappa shape index (κ3) is 4.90. The van der Waals surface area contributed by atoms with Crippen molar-refractivity contribution in [2.24, 2.45) is 4.99 Å². The van der Waals surface area contributed by atoms with Gasteiger partial charge >= 0.3 is 0 Å². The van der Waals surface area contributed by atoms with Crippen molar-refractivity contribution in [1.29, 1.82) is 0 Å². The zero-order chi connectivity index (χ0) is 17.5. The van der Waals surface area contributed by atoms with Crippen LogP contribution in [0.1, 0.15) is 15.4 Å². The molecule has 0 fully saturated rings. The van der Waals surface area contributed by atoms with E-state index >= 15 is 0 Å². The monoisotopic (exact) mass is 354 g/mol. The summed E-state index contributed by atoms with van der Waals surface area (Å²) in [6, 6.07) is 10.2. The summed E-state index contributed by atoms with van der Waals surface area (Å²) in [6.45, 7) is 3.58. The predicted molar refractivity (Wildman–Crippen MR) is 102 cm³/mol. The summed E-state index contributed by atoms with van der Waals surface area (Å²) in [5.41, 5.74) is 2.22. The first-order valence-corrected chi connectivity index (χ1v) is 9.01. The van der Waals surface area contributed by atoms with Crippen LogP contribution >= 0.6 is 11.3 Å². The second-order valence-electron chi connectivity index (χ2n) is 5.59. The van der Waals surface area contributed by atoms with E-state index in [0.29, 0.717) is 6.54 Å². The van der Waals surface area contributed by atoms with Crippen LogP contribution in [-0.2, 0) is 13.0 Å². The quantitative estimate of drug-likeness (QED) is 0.527. The largest absolute Gasteiger partial charge is 0.356 e. The number of hydrogen-bond acceptors (Lipinski definition) is 4. The second-order valence-corrected chi connectivity index (χ2v) is 6.91. The van der Waals surface area contributed by atoms with Gasteiger partial charge in [-0.3, -0.25) is 4.99 Å². The van der Waals surface area contributed by atoms with E-state index in [1.165, 1.54) is 10.4 Å². The van der Waals surface area contributed by atoms with Gasteiger partial charge in [-0.15, -0.1) is 11.3 Å². The molecule has 0 radical (unpaired) electrons. The topological polar surface area (TPSA) is 67.1 Å². The first-order valence-electron chi connectivity index (χ1n) is 8.19. The van der Waals surface area contributed by atoms with Crippen molar-refractivity contribution in [3.8, 4) is 5.69 Å². The maximum atomic E-state index is 4.38. The lowest BCUT2D eigenvalue weighted by atomic mass is 10.2. The van der Waals surface area contributed by atoms with Crippen LogP contribution in [0.25, 0.3) is 5.69 Å². The predicted octanol–water partition coefficient (Wildman–Crippen LogP) is 2.54. The molecule has 0 bridgehead atoms. The number of aryl methyl sites for hydroxylation is 1. The lowest BCUT2D eigenvalue weighted by Gasteiger charge is -2.12. The van der Waals surface area contributed by atoms with Gasteiger partial charge in [0, 0.05) is 50.0 Å². The van der Waals surface area contributed by atoms with E-state index in [-0.39, 0.29) is 0 Å². The van der Waals surface area contributed by atoms with Gasteiger partial charge in [-0.25, -0.2) is 9.67 Å². The summed E-state index contributed by atoms with van der Waals surface area (Å²) in [5.74, 6) is 0.790. The Kier molecular flexibility index (Phi) is 5.79. The highest BCUT2D eigenvalue weighted by Gasteiger charge is 2.02. The molecule has 6 nitrogen and oxygen atoms in total. The molecule has 0 atom stereocenters. The minimum atomic E-state index is 0.700. The molecule has 2 aromatic heterocycles. The van der Waals surface area contributed by atoms with Gasteiger partial charge in [0.25, 0.3) is 0 Å². The number of nitrogens with zero attached hydrogens (tertiary/aromatic N) is 4. The van der Waals surface area contributed by atoms with Gasteiger partial charge in [-0.1, -0.05) is 12.1 Å². The summed E-state index contributed by atoms with van der Waals surface area (Å²) in [7, 11) is 1.78. The highest BCUT2D eigenvalue weighted by molar-refractivity contribution is 7.11. The Morgan fingerprint density at radius 3 is 2.92 bits per heavy atom. The Morgan fingerprint density at radius 2 is 2.20 bits per heavy atom. The highest BCUT2D eigenvalue weighted by Crippen LogP contribution is 2.11. The normalized spacial score (nSPS) is 11.5. The SMILES string of the molecule is CN=C(NCCc1ncc(C)s1)NCc1cccc(-n2cccn2)c1. The zero-order valence-corrected chi connectivity index (χ0v) is 15.3. The smallest absolute Gasteiger partial charge is 0.191 e. The molecule has 130 valence electrons. The van der Waals surface area contributed by atoms with Gasteiger partial charge in [0.1, 0.15) is 0 Å². The van der Waals surface area contributed by atoms with Crippen molar-refractivity contribution in [3.63, 3.8) is 0 Å². The fourth-order valence-corrected chi connectivity index (χ4v) is 3.23. The molecular weight excluding hydrogens is 332 g/mol. The molecule has 0 saturated heterocycles. The average Bonchev–Trinajstić information content (AvgIpc) is 3.30. The molecular formula is C18H22N6S. The minimum Gasteiger partial charge on any atom is -0.356 e. The summed E-state index contributed by atoms with van der Waals surface area (Å²) < 4.78 is 1.85. The van der Waals surface area contributed by atoms with Gasteiger partial charge < -0.3 is 10.6 Å². The first-order chi connectivity index (χ1) is 12.2. The zero-order valence-electron chi connectivity index (χ0n) is 14.4. The molecule has 2 N–H and O–H groups in total. The number of aliphatic imine (C=N–C) groups is 1. The van der Waals surface area contributed by atoms with Crippen molar-refractivity contribution in [2.75, 3.05) is 13.6 Å². The maximum absolute atomic E-state index is 4.38. The van der Waals surface area contributed by atoms with Crippen molar-refractivity contribution >= 4 is 17.3 Å². The molecule has 0 saturated carbocycles. The van der Waals surface area contributed by atoms with E-state index in [1.54, 1.807) is 24.6 Å². The van der Waals surface area contributed by atoms with E-state index in [0.717, 1.165) is 29.6 Å². The molecule has 25 heavy (non-hydrogen) atoms. The third-order valence-corrected chi connectivity index (χ3v) is 4.64. The average molecular weight is 354 g/mol. The Morgan fingerprint density at radius 1 is 1.28 bits per heavy atom. The van der Waals surface area contributed by atoms with E-state index in [9.17, 15) is 0 Å². The Bertz CT molecular complexity index is 822. The van der Waals surface area contributed by atoms with Crippen molar-refractivity contribution < 1.29 is 0 Å². The lowest BCUT2D eigenvalue weighted by molar-refractivity contribution is 0.790. The summed E-state index contributed by atoms with van der Waals surface area (Å²) >= 11 is 1.74. The van der Waals surface area contributed by atoms with E-state index in [2.05, 4.69) is 44.8 Å². The number of nitrogens with one attached hydrogen (secondary N) is 2. The van der Waals surface area contributed by atoms with Gasteiger partial charge in [0.15, 0.2) is 5.96 Å². The summed E-state index contributed by atoms with van der Waals surface area (Å²) in [4.78, 5) is 9.89. The van der Waals surface area contributed by atoms with Crippen LogP contribution in [0.5, 0.6) is 0 Å². The second kappa shape index (κ2) is 8.43. The maximum Gasteiger partial charge on any atom is 0.191 e. The van der Waals surface area contributed by atoms with Crippen LogP contribution < -0.4 is 10.6 Å². The van der Waals surface area contributed by atoms with Crippen molar-refractivity contribution in [1.82, 2.24) is 25.4 Å². The van der Waals surface area contributed by atoms with Crippen molar-refractivity contribution in [2.45, 2.75) is 19.9 Å². The van der Waals surface area contributed by atoms with Crippen LogP contribution in [0.15, 0.2) is 53.9 Å². The number of aromatic nitrogens is 3.